The number of hydrogen-bond acceptors (Lipinski definition) is 4. The first-order chi connectivity index (χ1) is 9.81. The summed E-state index contributed by atoms with van der Waals surface area (Å²) in [6.07, 6.45) is 2.84. The number of aryl methyl sites for hydroxylation is 1. The molecule has 3 aromatic rings. The van der Waals surface area contributed by atoms with E-state index < -0.39 is 0 Å². The zero-order valence-electron chi connectivity index (χ0n) is 11.8. The highest BCUT2D eigenvalue weighted by molar-refractivity contribution is 5.83. The van der Waals surface area contributed by atoms with Crippen LogP contribution in [0.3, 0.4) is 0 Å². The molecule has 5 heteroatoms. The van der Waals surface area contributed by atoms with Gasteiger partial charge in [0.2, 0.25) is 11.8 Å². The van der Waals surface area contributed by atoms with Crippen molar-refractivity contribution in [1.82, 2.24) is 20.1 Å². The highest BCUT2D eigenvalue weighted by Gasteiger charge is 2.10. The third kappa shape index (κ3) is 2.32. The van der Waals surface area contributed by atoms with Crippen LogP contribution in [-0.2, 0) is 19.5 Å². The van der Waals surface area contributed by atoms with Gasteiger partial charge in [0, 0.05) is 19.2 Å². The van der Waals surface area contributed by atoms with Gasteiger partial charge in [-0.3, -0.25) is 0 Å². The third-order valence-corrected chi connectivity index (χ3v) is 3.36. The fourth-order valence-corrected chi connectivity index (χ4v) is 2.45. The van der Waals surface area contributed by atoms with E-state index in [-0.39, 0.29) is 0 Å². The topological polar surface area (TPSA) is 55.9 Å². The molecular weight excluding hydrogens is 252 g/mol. The molecule has 0 radical (unpaired) electrons. The van der Waals surface area contributed by atoms with Crippen molar-refractivity contribution in [1.29, 1.82) is 0 Å². The lowest BCUT2D eigenvalue weighted by molar-refractivity contribution is 0.444. The van der Waals surface area contributed by atoms with Crippen molar-refractivity contribution in [2.24, 2.45) is 0 Å². The monoisotopic (exact) mass is 270 g/mol. The average molecular weight is 270 g/mol. The molecule has 3 rings (SSSR count). The Bertz CT molecular complexity index is 714. The van der Waals surface area contributed by atoms with Crippen molar-refractivity contribution >= 4 is 10.9 Å². The molecule has 0 unspecified atom stereocenters. The molecule has 0 bridgehead atoms. The fourth-order valence-electron chi connectivity index (χ4n) is 2.45. The quantitative estimate of drug-likeness (QED) is 0.773. The maximum Gasteiger partial charge on any atom is 0.236 e. The highest BCUT2D eigenvalue weighted by Crippen LogP contribution is 2.21. The van der Waals surface area contributed by atoms with Gasteiger partial charge in [-0.15, -0.1) is 10.2 Å². The van der Waals surface area contributed by atoms with Crippen LogP contribution in [0.4, 0.5) is 0 Å². The van der Waals surface area contributed by atoms with Crippen molar-refractivity contribution < 1.29 is 4.42 Å². The minimum absolute atomic E-state index is 0.608. The van der Waals surface area contributed by atoms with Crippen LogP contribution in [0.5, 0.6) is 0 Å². The number of nitrogens with one attached hydrogen (secondary N) is 1. The molecule has 2 heterocycles. The molecular formula is C15H18N4O. The Morgan fingerprint density at radius 3 is 2.80 bits per heavy atom. The van der Waals surface area contributed by atoms with Gasteiger partial charge in [0.25, 0.3) is 0 Å². The van der Waals surface area contributed by atoms with Crippen molar-refractivity contribution in [3.05, 3.63) is 47.8 Å². The maximum absolute atomic E-state index is 5.60. The van der Waals surface area contributed by atoms with E-state index in [1.165, 1.54) is 16.5 Å². The van der Waals surface area contributed by atoms with Crippen LogP contribution in [0.1, 0.15) is 24.3 Å². The van der Waals surface area contributed by atoms with E-state index in [9.17, 15) is 0 Å². The number of nitrogens with zero attached hydrogens (tertiary/aromatic N) is 3. The summed E-state index contributed by atoms with van der Waals surface area (Å²) in [5.41, 5.74) is 2.49. The van der Waals surface area contributed by atoms with E-state index in [1.807, 2.05) is 14.0 Å². The SMILES string of the molecule is CCc1nnc(Cn2ccc3cccc(CNC)c32)o1. The smallest absolute Gasteiger partial charge is 0.236 e. The Morgan fingerprint density at radius 1 is 1.20 bits per heavy atom. The van der Waals surface area contributed by atoms with E-state index >= 15 is 0 Å². The predicted molar refractivity (Wildman–Crippen MR) is 77.5 cm³/mol. The maximum atomic E-state index is 5.60. The third-order valence-electron chi connectivity index (χ3n) is 3.36. The van der Waals surface area contributed by atoms with Crippen LogP contribution in [0.2, 0.25) is 0 Å². The van der Waals surface area contributed by atoms with Gasteiger partial charge in [-0.25, -0.2) is 0 Å². The molecule has 0 atom stereocenters. The Kier molecular flexibility index (Phi) is 3.52. The Labute approximate surface area is 117 Å². The van der Waals surface area contributed by atoms with Gasteiger partial charge in [-0.2, -0.15) is 0 Å². The van der Waals surface area contributed by atoms with E-state index in [2.05, 4.69) is 50.5 Å². The lowest BCUT2D eigenvalue weighted by atomic mass is 10.1. The summed E-state index contributed by atoms with van der Waals surface area (Å²) < 4.78 is 7.76. The van der Waals surface area contributed by atoms with E-state index in [4.69, 9.17) is 4.42 Å². The van der Waals surface area contributed by atoms with Crippen LogP contribution < -0.4 is 5.32 Å². The van der Waals surface area contributed by atoms with Crippen molar-refractivity contribution in [3.63, 3.8) is 0 Å². The summed E-state index contributed by atoms with van der Waals surface area (Å²) in [5, 5.41) is 12.5. The van der Waals surface area contributed by atoms with Gasteiger partial charge in [-0.1, -0.05) is 25.1 Å². The predicted octanol–water partition coefficient (Wildman–Crippen LogP) is 2.35. The summed E-state index contributed by atoms with van der Waals surface area (Å²) in [6.45, 7) is 3.45. The largest absolute Gasteiger partial charge is 0.423 e. The molecule has 0 aliphatic heterocycles. The van der Waals surface area contributed by atoms with Gasteiger partial charge in [0.15, 0.2) is 0 Å². The zero-order chi connectivity index (χ0) is 13.9. The van der Waals surface area contributed by atoms with Gasteiger partial charge in [0.1, 0.15) is 6.54 Å². The first kappa shape index (κ1) is 12.9. The summed E-state index contributed by atoms with van der Waals surface area (Å²) in [4.78, 5) is 0. The van der Waals surface area contributed by atoms with Gasteiger partial charge < -0.3 is 14.3 Å². The highest BCUT2D eigenvalue weighted by atomic mass is 16.4. The lowest BCUT2D eigenvalue weighted by Crippen LogP contribution is -2.08. The normalized spacial score (nSPS) is 11.3. The minimum atomic E-state index is 0.608. The number of aromatic nitrogens is 3. The number of rotatable bonds is 5. The molecule has 0 saturated heterocycles. The molecule has 2 aromatic heterocycles. The number of hydrogen-bond donors (Lipinski definition) is 1. The standard InChI is InChI=1S/C15H18N4O/c1-3-13-17-18-14(20-13)10-19-8-7-11-5-4-6-12(9-16-2)15(11)19/h4-8,16H,3,9-10H2,1-2H3. The molecule has 20 heavy (non-hydrogen) atoms. The van der Waals surface area contributed by atoms with E-state index in [0.717, 1.165) is 13.0 Å². The van der Waals surface area contributed by atoms with Gasteiger partial charge in [-0.05, 0) is 24.1 Å². The second-order valence-electron chi connectivity index (χ2n) is 4.77. The molecule has 0 aliphatic carbocycles. The first-order valence-electron chi connectivity index (χ1n) is 6.84. The molecule has 0 aliphatic rings. The van der Waals surface area contributed by atoms with Crippen molar-refractivity contribution in [3.8, 4) is 0 Å². The van der Waals surface area contributed by atoms with Crippen LogP contribution in [0.15, 0.2) is 34.9 Å². The second kappa shape index (κ2) is 5.46. The number of para-hydroxylation sites is 1. The molecule has 1 aromatic carbocycles. The summed E-state index contributed by atoms with van der Waals surface area (Å²) in [5.74, 6) is 1.34. The van der Waals surface area contributed by atoms with E-state index in [0.29, 0.717) is 18.3 Å². The Morgan fingerprint density at radius 2 is 2.05 bits per heavy atom. The number of fused-ring (bicyclic) bond motifs is 1. The summed E-state index contributed by atoms with van der Waals surface area (Å²) in [6, 6.07) is 8.46. The first-order valence-corrected chi connectivity index (χ1v) is 6.84. The molecule has 104 valence electrons. The molecule has 1 N–H and O–H groups in total. The Balaban J connectivity index is 1.98. The van der Waals surface area contributed by atoms with Crippen molar-refractivity contribution in [2.75, 3.05) is 7.05 Å². The molecule has 0 saturated carbocycles. The number of benzene rings is 1. The molecule has 0 fully saturated rings. The Hall–Kier alpha value is -2.14. The lowest BCUT2D eigenvalue weighted by Gasteiger charge is -2.07. The van der Waals surface area contributed by atoms with Crippen LogP contribution in [0, 0.1) is 0 Å². The molecule has 0 amide bonds. The van der Waals surface area contributed by atoms with Crippen LogP contribution in [-0.4, -0.2) is 21.8 Å². The van der Waals surface area contributed by atoms with E-state index in [1.54, 1.807) is 0 Å². The summed E-state index contributed by atoms with van der Waals surface area (Å²) in [7, 11) is 1.96. The minimum Gasteiger partial charge on any atom is -0.423 e. The van der Waals surface area contributed by atoms with Gasteiger partial charge >= 0.3 is 0 Å². The zero-order valence-corrected chi connectivity index (χ0v) is 11.8. The van der Waals surface area contributed by atoms with Crippen LogP contribution >= 0.6 is 0 Å². The molecule has 5 nitrogen and oxygen atoms in total. The molecule has 0 spiro atoms. The van der Waals surface area contributed by atoms with Crippen LogP contribution in [0.25, 0.3) is 10.9 Å². The summed E-state index contributed by atoms with van der Waals surface area (Å²) >= 11 is 0. The van der Waals surface area contributed by atoms with Gasteiger partial charge in [0.05, 0.1) is 5.52 Å². The van der Waals surface area contributed by atoms with Crippen molar-refractivity contribution in [2.45, 2.75) is 26.4 Å². The average Bonchev–Trinajstić information content (AvgIpc) is 3.07. The second-order valence-corrected chi connectivity index (χ2v) is 4.77. The fraction of sp³-hybridized carbons (Fsp3) is 0.333.